The van der Waals surface area contributed by atoms with Gasteiger partial charge in [0, 0.05) is 31.3 Å². The second kappa shape index (κ2) is 9.79. The zero-order valence-corrected chi connectivity index (χ0v) is 16.7. The number of aryl methyl sites for hydroxylation is 1. The summed E-state index contributed by atoms with van der Waals surface area (Å²) < 4.78 is 5.67. The SMILES string of the molecule is Cc1cc(Cl)ccc1OCC(=O)N1CCC([C@@H]2CNC[C@H]2CO)CC1.Cl. The van der Waals surface area contributed by atoms with Crippen molar-refractivity contribution in [3.8, 4) is 5.75 Å². The largest absolute Gasteiger partial charge is 0.483 e. The van der Waals surface area contributed by atoms with Crippen molar-refractivity contribution in [1.82, 2.24) is 10.2 Å². The normalized spacial score (nSPS) is 23.6. The Balaban J connectivity index is 0.00000243. The zero-order valence-electron chi connectivity index (χ0n) is 15.1. The van der Waals surface area contributed by atoms with Crippen LogP contribution in [0.3, 0.4) is 0 Å². The van der Waals surface area contributed by atoms with Crippen LogP contribution in [0.5, 0.6) is 5.75 Å². The van der Waals surface area contributed by atoms with Crippen LogP contribution in [0.4, 0.5) is 0 Å². The minimum absolute atomic E-state index is 0. The van der Waals surface area contributed by atoms with Crippen LogP contribution in [-0.4, -0.2) is 55.3 Å². The van der Waals surface area contributed by atoms with E-state index >= 15 is 0 Å². The molecule has 2 saturated heterocycles. The van der Waals surface area contributed by atoms with E-state index in [0.717, 1.165) is 44.6 Å². The second-order valence-corrected chi connectivity index (χ2v) is 7.62. The third kappa shape index (κ3) is 5.03. The van der Waals surface area contributed by atoms with E-state index in [1.54, 1.807) is 12.1 Å². The van der Waals surface area contributed by atoms with Crippen LogP contribution < -0.4 is 10.1 Å². The van der Waals surface area contributed by atoms with Crippen molar-refractivity contribution in [2.75, 3.05) is 39.4 Å². The molecule has 146 valence electrons. The highest BCUT2D eigenvalue weighted by Crippen LogP contribution is 2.32. The molecule has 1 amide bonds. The Morgan fingerprint density at radius 3 is 2.73 bits per heavy atom. The van der Waals surface area contributed by atoms with E-state index < -0.39 is 0 Å². The molecule has 26 heavy (non-hydrogen) atoms. The van der Waals surface area contributed by atoms with E-state index in [1.165, 1.54) is 0 Å². The van der Waals surface area contributed by atoms with Crippen LogP contribution in [0, 0.1) is 24.7 Å². The molecule has 2 fully saturated rings. The Kier molecular flexibility index (Phi) is 8.02. The van der Waals surface area contributed by atoms with Crippen molar-refractivity contribution in [3.63, 3.8) is 0 Å². The number of carbonyl (C=O) groups excluding carboxylic acids is 1. The third-order valence-corrected chi connectivity index (χ3v) is 5.85. The first-order valence-electron chi connectivity index (χ1n) is 9.06. The Bertz CT molecular complexity index is 606. The molecule has 7 heteroatoms. The van der Waals surface area contributed by atoms with Gasteiger partial charge in [0.25, 0.3) is 5.91 Å². The lowest BCUT2D eigenvalue weighted by atomic mass is 9.79. The molecule has 0 aromatic heterocycles. The number of rotatable bonds is 5. The van der Waals surface area contributed by atoms with Crippen LogP contribution in [0.2, 0.25) is 5.02 Å². The van der Waals surface area contributed by atoms with Crippen molar-refractivity contribution in [3.05, 3.63) is 28.8 Å². The molecular weight excluding hydrogens is 375 g/mol. The Hall–Kier alpha value is -1.01. The van der Waals surface area contributed by atoms with E-state index in [4.69, 9.17) is 16.3 Å². The molecule has 1 aromatic carbocycles. The summed E-state index contributed by atoms with van der Waals surface area (Å²) in [6, 6.07) is 5.41. The number of amides is 1. The molecule has 1 aromatic rings. The number of aliphatic hydroxyl groups excluding tert-OH is 1. The summed E-state index contributed by atoms with van der Waals surface area (Å²) in [7, 11) is 0. The number of nitrogens with one attached hydrogen (secondary N) is 1. The highest BCUT2D eigenvalue weighted by atomic mass is 35.5. The average molecular weight is 403 g/mol. The fourth-order valence-corrected chi connectivity index (χ4v) is 4.31. The number of ether oxygens (including phenoxy) is 1. The molecule has 0 unspecified atom stereocenters. The average Bonchev–Trinajstić information content (AvgIpc) is 3.09. The number of benzene rings is 1. The Morgan fingerprint density at radius 1 is 1.35 bits per heavy atom. The van der Waals surface area contributed by atoms with Crippen LogP contribution in [0.15, 0.2) is 18.2 Å². The topological polar surface area (TPSA) is 61.8 Å². The summed E-state index contributed by atoms with van der Waals surface area (Å²) in [5.74, 6) is 2.24. The quantitative estimate of drug-likeness (QED) is 0.793. The number of halogens is 2. The standard InChI is InChI=1S/C19H27ClN2O3.ClH/c1-13-8-16(20)2-3-18(13)25-12-19(24)22-6-4-14(5-7-22)17-10-21-9-15(17)11-23;/h2-3,8,14-15,17,21,23H,4-7,9-12H2,1H3;1H/t15-,17-;/m0./s1. The summed E-state index contributed by atoms with van der Waals surface area (Å²) in [6.45, 7) is 5.70. The highest BCUT2D eigenvalue weighted by Gasteiger charge is 2.35. The number of aliphatic hydroxyl groups is 1. The van der Waals surface area contributed by atoms with E-state index in [2.05, 4.69) is 5.32 Å². The van der Waals surface area contributed by atoms with Gasteiger partial charge in [-0.05, 0) is 67.8 Å². The molecular formula is C19H28Cl2N2O3. The number of piperidine rings is 1. The van der Waals surface area contributed by atoms with Gasteiger partial charge in [0.1, 0.15) is 5.75 Å². The van der Waals surface area contributed by atoms with Crippen molar-refractivity contribution in [1.29, 1.82) is 0 Å². The summed E-state index contributed by atoms with van der Waals surface area (Å²) in [4.78, 5) is 14.3. The molecule has 2 aliphatic rings. The number of hydrogen-bond acceptors (Lipinski definition) is 4. The Labute approximate surface area is 166 Å². The van der Waals surface area contributed by atoms with Crippen molar-refractivity contribution < 1.29 is 14.6 Å². The van der Waals surface area contributed by atoms with Gasteiger partial charge in [-0.2, -0.15) is 0 Å². The van der Waals surface area contributed by atoms with E-state index in [-0.39, 0.29) is 31.5 Å². The lowest BCUT2D eigenvalue weighted by molar-refractivity contribution is -0.135. The van der Waals surface area contributed by atoms with Gasteiger partial charge in [0.2, 0.25) is 0 Å². The molecule has 0 spiro atoms. The van der Waals surface area contributed by atoms with Gasteiger partial charge in [0.15, 0.2) is 6.61 Å². The molecule has 3 rings (SSSR count). The van der Waals surface area contributed by atoms with Crippen LogP contribution in [0.25, 0.3) is 0 Å². The monoisotopic (exact) mass is 402 g/mol. The lowest BCUT2D eigenvalue weighted by Gasteiger charge is -2.36. The number of nitrogens with zero attached hydrogens (tertiary/aromatic N) is 1. The van der Waals surface area contributed by atoms with Crippen molar-refractivity contribution in [2.45, 2.75) is 19.8 Å². The summed E-state index contributed by atoms with van der Waals surface area (Å²) in [5, 5.41) is 13.5. The molecule has 2 atom stereocenters. The summed E-state index contributed by atoms with van der Waals surface area (Å²) >= 11 is 5.94. The molecule has 2 N–H and O–H groups in total. The van der Waals surface area contributed by atoms with Gasteiger partial charge in [-0.25, -0.2) is 0 Å². The fourth-order valence-electron chi connectivity index (χ4n) is 4.09. The first-order chi connectivity index (χ1) is 12.1. The third-order valence-electron chi connectivity index (χ3n) is 5.61. The molecule has 2 aliphatic heterocycles. The molecule has 5 nitrogen and oxygen atoms in total. The maximum Gasteiger partial charge on any atom is 0.260 e. The number of likely N-dealkylation sites (tertiary alicyclic amines) is 1. The minimum Gasteiger partial charge on any atom is -0.483 e. The maximum absolute atomic E-state index is 12.4. The van der Waals surface area contributed by atoms with Crippen LogP contribution in [-0.2, 0) is 4.79 Å². The van der Waals surface area contributed by atoms with Crippen molar-refractivity contribution in [2.24, 2.45) is 17.8 Å². The predicted octanol–water partition coefficient (Wildman–Crippen LogP) is 2.52. The first-order valence-corrected chi connectivity index (χ1v) is 9.44. The van der Waals surface area contributed by atoms with Gasteiger partial charge in [-0.1, -0.05) is 11.6 Å². The van der Waals surface area contributed by atoms with Gasteiger partial charge in [-0.3, -0.25) is 4.79 Å². The highest BCUT2D eigenvalue weighted by molar-refractivity contribution is 6.30. The Morgan fingerprint density at radius 2 is 2.08 bits per heavy atom. The minimum atomic E-state index is 0. The first kappa shape index (κ1) is 21.3. The van der Waals surface area contributed by atoms with E-state index in [1.807, 2.05) is 17.9 Å². The van der Waals surface area contributed by atoms with E-state index in [9.17, 15) is 9.90 Å². The fraction of sp³-hybridized carbons (Fsp3) is 0.632. The molecule has 0 bridgehead atoms. The van der Waals surface area contributed by atoms with E-state index in [0.29, 0.717) is 28.5 Å². The molecule has 0 aliphatic carbocycles. The van der Waals surface area contributed by atoms with Crippen LogP contribution >= 0.6 is 24.0 Å². The predicted molar refractivity (Wildman–Crippen MR) is 105 cm³/mol. The van der Waals surface area contributed by atoms with Gasteiger partial charge in [-0.15, -0.1) is 12.4 Å². The number of carbonyl (C=O) groups is 1. The van der Waals surface area contributed by atoms with Gasteiger partial charge >= 0.3 is 0 Å². The smallest absolute Gasteiger partial charge is 0.260 e. The molecule has 2 heterocycles. The van der Waals surface area contributed by atoms with Crippen molar-refractivity contribution >= 4 is 29.9 Å². The second-order valence-electron chi connectivity index (χ2n) is 7.18. The number of hydrogen-bond donors (Lipinski definition) is 2. The van der Waals surface area contributed by atoms with Crippen LogP contribution in [0.1, 0.15) is 18.4 Å². The maximum atomic E-state index is 12.4. The summed E-state index contributed by atoms with van der Waals surface area (Å²) in [5.41, 5.74) is 0.933. The molecule has 0 radical (unpaired) electrons. The lowest BCUT2D eigenvalue weighted by Crippen LogP contribution is -2.43. The zero-order chi connectivity index (χ0) is 17.8. The molecule has 0 saturated carbocycles. The summed E-state index contributed by atoms with van der Waals surface area (Å²) in [6.07, 6.45) is 2.02. The van der Waals surface area contributed by atoms with Gasteiger partial charge in [0.05, 0.1) is 0 Å². The van der Waals surface area contributed by atoms with Gasteiger partial charge < -0.3 is 20.1 Å².